The van der Waals surface area contributed by atoms with Crippen LogP contribution in [-0.2, 0) is 14.8 Å². The number of likely N-dealkylation sites (N-methyl/N-ethyl adjacent to an activating group) is 1. The Morgan fingerprint density at radius 3 is 2.22 bits per heavy atom. The van der Waals surface area contributed by atoms with Gasteiger partial charge in [0.2, 0.25) is 10.0 Å². The maximum absolute atomic E-state index is 12.5. The Morgan fingerprint density at radius 2 is 1.67 bits per heavy atom. The number of anilines is 1. The van der Waals surface area contributed by atoms with Crippen molar-refractivity contribution < 1.29 is 13.2 Å². The normalized spacial score (nSPS) is 11.9. The number of carbonyl (C=O) groups excluding carboxylic acids is 1. The smallest absolute Gasteiger partial charge is 0.250 e. The summed E-state index contributed by atoms with van der Waals surface area (Å²) in [5.74, 6) is -0.152. The molecule has 2 aromatic rings. The van der Waals surface area contributed by atoms with Crippen molar-refractivity contribution >= 4 is 27.7 Å². The lowest BCUT2D eigenvalue weighted by Crippen LogP contribution is -2.30. The zero-order valence-electron chi connectivity index (χ0n) is 16.2. The highest BCUT2D eigenvalue weighted by Crippen LogP contribution is 2.18. The summed E-state index contributed by atoms with van der Waals surface area (Å²) in [5, 5.41) is 0. The number of nitrogens with zero attached hydrogens (tertiary/aromatic N) is 2. The van der Waals surface area contributed by atoms with Gasteiger partial charge in [-0.2, -0.15) is 4.31 Å². The zero-order valence-corrected chi connectivity index (χ0v) is 17.0. The van der Waals surface area contributed by atoms with Crippen LogP contribution in [0.2, 0.25) is 0 Å². The van der Waals surface area contributed by atoms with Gasteiger partial charge in [-0.15, -0.1) is 0 Å². The summed E-state index contributed by atoms with van der Waals surface area (Å²) < 4.78 is 26.4. The molecule has 2 aromatic carbocycles. The molecule has 0 unspecified atom stereocenters. The van der Waals surface area contributed by atoms with Gasteiger partial charge in [-0.05, 0) is 48.4 Å². The molecule has 0 saturated carbocycles. The summed E-state index contributed by atoms with van der Waals surface area (Å²) in [6.07, 6.45) is 3.17. The highest BCUT2D eigenvalue weighted by Gasteiger charge is 2.20. The average Bonchev–Trinajstić information content (AvgIpc) is 2.66. The molecule has 0 radical (unpaired) electrons. The number of benzene rings is 2. The molecule has 2 rings (SSSR count). The molecular formula is C21H26N2O3S. The summed E-state index contributed by atoms with van der Waals surface area (Å²) in [6.45, 7) is 6.47. The lowest BCUT2D eigenvalue weighted by Gasteiger charge is -2.18. The molecule has 0 saturated heterocycles. The van der Waals surface area contributed by atoms with Crippen molar-refractivity contribution in [1.82, 2.24) is 4.31 Å². The second kappa shape index (κ2) is 8.97. The van der Waals surface area contributed by atoms with Crippen molar-refractivity contribution in [2.45, 2.75) is 25.7 Å². The molecule has 0 aliphatic carbocycles. The van der Waals surface area contributed by atoms with Crippen molar-refractivity contribution in [2.75, 3.05) is 25.0 Å². The van der Waals surface area contributed by atoms with E-state index in [1.807, 2.05) is 45.0 Å². The molecule has 0 aliphatic rings. The van der Waals surface area contributed by atoms with Crippen LogP contribution in [0.3, 0.4) is 0 Å². The second-order valence-electron chi connectivity index (χ2n) is 6.23. The minimum atomic E-state index is -3.47. The van der Waals surface area contributed by atoms with Crippen LogP contribution in [0.25, 0.3) is 6.08 Å². The number of sulfonamides is 1. The third kappa shape index (κ3) is 5.05. The van der Waals surface area contributed by atoms with Crippen molar-refractivity contribution in [3.8, 4) is 0 Å². The quantitative estimate of drug-likeness (QED) is 0.682. The third-order valence-corrected chi connectivity index (χ3v) is 6.43. The largest absolute Gasteiger partial charge is 0.312 e. The molecule has 5 nitrogen and oxygen atoms in total. The number of hydrogen-bond acceptors (Lipinski definition) is 3. The summed E-state index contributed by atoms with van der Waals surface area (Å²) in [6, 6.07) is 14.3. The number of hydrogen-bond donors (Lipinski definition) is 0. The minimum Gasteiger partial charge on any atom is -0.312 e. The summed E-state index contributed by atoms with van der Waals surface area (Å²) in [5.41, 5.74) is 2.67. The monoisotopic (exact) mass is 386 g/mol. The summed E-state index contributed by atoms with van der Waals surface area (Å²) in [7, 11) is -1.75. The lowest BCUT2D eigenvalue weighted by molar-refractivity contribution is -0.113. The van der Waals surface area contributed by atoms with Crippen LogP contribution in [0.1, 0.15) is 25.0 Å². The number of rotatable bonds is 7. The van der Waals surface area contributed by atoms with E-state index in [0.29, 0.717) is 13.1 Å². The van der Waals surface area contributed by atoms with E-state index in [2.05, 4.69) is 0 Å². The molecule has 144 valence electrons. The van der Waals surface area contributed by atoms with Gasteiger partial charge in [0.25, 0.3) is 5.91 Å². The Hall–Kier alpha value is -2.44. The van der Waals surface area contributed by atoms with E-state index in [-0.39, 0.29) is 10.8 Å². The Balaban J connectivity index is 2.13. The van der Waals surface area contributed by atoms with Crippen molar-refractivity contribution in [3.05, 3.63) is 65.7 Å². The number of carbonyl (C=O) groups is 1. The molecular weight excluding hydrogens is 360 g/mol. The Morgan fingerprint density at radius 1 is 1.04 bits per heavy atom. The van der Waals surface area contributed by atoms with E-state index < -0.39 is 10.0 Å². The van der Waals surface area contributed by atoms with Gasteiger partial charge in [-0.1, -0.05) is 38.1 Å². The van der Waals surface area contributed by atoms with Gasteiger partial charge in [-0.25, -0.2) is 8.42 Å². The molecule has 1 amide bonds. The molecule has 0 heterocycles. The fourth-order valence-electron chi connectivity index (χ4n) is 2.71. The Kier molecular flexibility index (Phi) is 6.93. The maximum Gasteiger partial charge on any atom is 0.250 e. The lowest BCUT2D eigenvalue weighted by atomic mass is 10.2. The van der Waals surface area contributed by atoms with Gasteiger partial charge in [0.05, 0.1) is 4.90 Å². The van der Waals surface area contributed by atoms with Gasteiger partial charge in [-0.3, -0.25) is 4.79 Å². The predicted octanol–water partition coefficient (Wildman–Crippen LogP) is 3.70. The molecule has 6 heteroatoms. The first-order valence-corrected chi connectivity index (χ1v) is 10.4. The minimum absolute atomic E-state index is 0.152. The summed E-state index contributed by atoms with van der Waals surface area (Å²) >= 11 is 0. The second-order valence-corrected chi connectivity index (χ2v) is 8.17. The standard InChI is InChI=1S/C21H26N2O3S/c1-5-23(6-2)27(25,26)20-13-10-18(11-14-20)12-15-21(24)22(4)19-9-7-8-17(3)16-19/h7-16H,5-6H2,1-4H3. The van der Waals surface area contributed by atoms with Gasteiger partial charge in [0, 0.05) is 31.9 Å². The van der Waals surface area contributed by atoms with Crippen LogP contribution < -0.4 is 4.90 Å². The van der Waals surface area contributed by atoms with Crippen LogP contribution in [0.4, 0.5) is 5.69 Å². The molecule has 0 N–H and O–H groups in total. The van der Waals surface area contributed by atoms with Gasteiger partial charge < -0.3 is 4.90 Å². The molecule has 0 fully saturated rings. The SMILES string of the molecule is CCN(CC)S(=O)(=O)c1ccc(C=CC(=O)N(C)c2cccc(C)c2)cc1. The topological polar surface area (TPSA) is 57.7 Å². The zero-order chi connectivity index (χ0) is 20.0. The van der Waals surface area contributed by atoms with Crippen LogP contribution in [0, 0.1) is 6.92 Å². The molecule has 0 spiro atoms. The first kappa shape index (κ1) is 20.9. The Labute approximate surface area is 162 Å². The number of amides is 1. The first-order valence-electron chi connectivity index (χ1n) is 8.92. The van der Waals surface area contributed by atoms with Crippen LogP contribution in [0.5, 0.6) is 0 Å². The third-order valence-electron chi connectivity index (χ3n) is 4.36. The predicted molar refractivity (Wildman–Crippen MR) is 110 cm³/mol. The van der Waals surface area contributed by atoms with Gasteiger partial charge >= 0.3 is 0 Å². The van der Waals surface area contributed by atoms with Crippen molar-refractivity contribution in [1.29, 1.82) is 0 Å². The van der Waals surface area contributed by atoms with Gasteiger partial charge in [0.15, 0.2) is 0 Å². The first-order chi connectivity index (χ1) is 12.8. The van der Waals surface area contributed by atoms with E-state index in [1.165, 1.54) is 10.4 Å². The van der Waals surface area contributed by atoms with E-state index in [4.69, 9.17) is 0 Å². The Bertz CT molecular complexity index is 915. The van der Waals surface area contributed by atoms with E-state index in [9.17, 15) is 13.2 Å². The van der Waals surface area contributed by atoms with Crippen LogP contribution >= 0.6 is 0 Å². The fraction of sp³-hybridized carbons (Fsp3) is 0.286. The highest BCUT2D eigenvalue weighted by molar-refractivity contribution is 7.89. The van der Waals surface area contributed by atoms with E-state index in [1.54, 1.807) is 42.3 Å². The summed E-state index contributed by atoms with van der Waals surface area (Å²) in [4.78, 5) is 14.2. The van der Waals surface area contributed by atoms with Crippen molar-refractivity contribution in [2.24, 2.45) is 0 Å². The maximum atomic E-state index is 12.5. The molecule has 0 aromatic heterocycles. The van der Waals surface area contributed by atoms with E-state index >= 15 is 0 Å². The molecule has 0 aliphatic heterocycles. The van der Waals surface area contributed by atoms with Crippen LogP contribution in [-0.4, -0.2) is 38.8 Å². The van der Waals surface area contributed by atoms with Crippen LogP contribution in [0.15, 0.2) is 59.5 Å². The molecule has 0 atom stereocenters. The highest BCUT2D eigenvalue weighted by atomic mass is 32.2. The number of aryl methyl sites for hydroxylation is 1. The molecule has 0 bridgehead atoms. The van der Waals surface area contributed by atoms with Gasteiger partial charge in [0.1, 0.15) is 0 Å². The molecule has 27 heavy (non-hydrogen) atoms. The van der Waals surface area contributed by atoms with Crippen molar-refractivity contribution in [3.63, 3.8) is 0 Å². The fourth-order valence-corrected chi connectivity index (χ4v) is 4.16. The average molecular weight is 387 g/mol. The van der Waals surface area contributed by atoms with E-state index in [0.717, 1.165) is 16.8 Å².